The highest BCUT2D eigenvalue weighted by Crippen LogP contribution is 2.37. The van der Waals surface area contributed by atoms with Gasteiger partial charge in [-0.05, 0) is 83.1 Å². The molecule has 4 heteroatoms. The number of aryl methyl sites for hydroxylation is 1. The average molecular weight is 384 g/mol. The Morgan fingerprint density at radius 3 is 2.43 bits per heavy atom. The van der Waals surface area contributed by atoms with Crippen LogP contribution in [0, 0.1) is 24.2 Å². The molecule has 1 aromatic rings. The zero-order valence-electron chi connectivity index (χ0n) is 18.7. The Hall–Kier alpha value is -1.99. The van der Waals surface area contributed by atoms with Crippen LogP contribution in [0.15, 0.2) is 23.2 Å². The molecular weight excluding hydrogens is 346 g/mol. The molecular formula is C24H37N3O. The highest BCUT2D eigenvalue weighted by molar-refractivity contribution is 5.78. The van der Waals surface area contributed by atoms with E-state index in [0.29, 0.717) is 12.1 Å². The number of aliphatic imine (C=N–C) groups is 1. The molecule has 0 radical (unpaired) electrons. The van der Waals surface area contributed by atoms with Crippen molar-refractivity contribution >= 4 is 5.96 Å². The van der Waals surface area contributed by atoms with Crippen molar-refractivity contribution in [3.63, 3.8) is 0 Å². The SMILES string of the molecule is COC1CCC(Cc2ccc(C#CC(C)(C)C)cc2C)(/N=C(/N)N(C)C)CC1. The summed E-state index contributed by atoms with van der Waals surface area (Å²) in [5, 5.41) is 0. The van der Waals surface area contributed by atoms with Gasteiger partial charge in [-0.1, -0.05) is 17.9 Å². The Kier molecular flexibility index (Phi) is 7.17. The summed E-state index contributed by atoms with van der Waals surface area (Å²) in [6.07, 6.45) is 5.26. The summed E-state index contributed by atoms with van der Waals surface area (Å²) >= 11 is 0. The number of methoxy groups -OCH3 is 1. The zero-order valence-corrected chi connectivity index (χ0v) is 18.7. The minimum Gasteiger partial charge on any atom is -0.381 e. The molecule has 0 amide bonds. The molecule has 0 bridgehead atoms. The minimum absolute atomic E-state index is 0.00897. The van der Waals surface area contributed by atoms with Gasteiger partial charge in [-0.2, -0.15) is 0 Å². The molecule has 1 aliphatic carbocycles. The van der Waals surface area contributed by atoms with E-state index in [1.165, 1.54) is 11.1 Å². The van der Waals surface area contributed by atoms with Gasteiger partial charge in [-0.25, -0.2) is 4.99 Å². The van der Waals surface area contributed by atoms with Crippen molar-refractivity contribution in [1.29, 1.82) is 0 Å². The molecule has 0 aliphatic heterocycles. The third-order valence-corrected chi connectivity index (χ3v) is 5.45. The van der Waals surface area contributed by atoms with E-state index in [0.717, 1.165) is 37.7 Å². The molecule has 0 spiro atoms. The molecule has 0 aromatic heterocycles. The van der Waals surface area contributed by atoms with Crippen LogP contribution in [0.4, 0.5) is 0 Å². The molecule has 0 unspecified atom stereocenters. The largest absolute Gasteiger partial charge is 0.381 e. The molecule has 1 aromatic carbocycles. The van der Waals surface area contributed by atoms with Crippen molar-refractivity contribution in [2.75, 3.05) is 21.2 Å². The normalized spacial score (nSPS) is 23.1. The first-order valence-electron chi connectivity index (χ1n) is 10.2. The van der Waals surface area contributed by atoms with E-state index in [2.05, 4.69) is 57.7 Å². The number of rotatable bonds is 4. The maximum Gasteiger partial charge on any atom is 0.191 e. The van der Waals surface area contributed by atoms with Crippen LogP contribution >= 0.6 is 0 Å². The second-order valence-corrected chi connectivity index (χ2v) is 9.34. The Balaban J connectivity index is 2.29. The highest BCUT2D eigenvalue weighted by atomic mass is 16.5. The number of hydrogen-bond donors (Lipinski definition) is 1. The lowest BCUT2D eigenvalue weighted by Gasteiger charge is -2.38. The number of ether oxygens (including phenoxy) is 1. The van der Waals surface area contributed by atoms with Crippen LogP contribution in [-0.2, 0) is 11.2 Å². The number of hydrogen-bond acceptors (Lipinski definition) is 2. The number of nitrogens with two attached hydrogens (primary N) is 1. The molecule has 0 heterocycles. The van der Waals surface area contributed by atoms with Gasteiger partial charge >= 0.3 is 0 Å². The van der Waals surface area contributed by atoms with Crippen LogP contribution in [0.2, 0.25) is 0 Å². The third kappa shape index (κ3) is 6.27. The summed E-state index contributed by atoms with van der Waals surface area (Å²) in [7, 11) is 5.69. The number of nitrogens with zero attached hydrogens (tertiary/aromatic N) is 2. The average Bonchev–Trinajstić information content (AvgIpc) is 2.62. The topological polar surface area (TPSA) is 50.9 Å². The van der Waals surface area contributed by atoms with Crippen LogP contribution in [0.25, 0.3) is 0 Å². The van der Waals surface area contributed by atoms with E-state index in [-0.39, 0.29) is 11.0 Å². The molecule has 4 nitrogen and oxygen atoms in total. The van der Waals surface area contributed by atoms with Crippen molar-refractivity contribution in [2.45, 2.75) is 71.4 Å². The molecule has 2 N–H and O–H groups in total. The summed E-state index contributed by atoms with van der Waals surface area (Å²) in [4.78, 5) is 6.89. The zero-order chi connectivity index (χ0) is 20.9. The van der Waals surface area contributed by atoms with E-state index < -0.39 is 0 Å². The second kappa shape index (κ2) is 9.01. The Bertz CT molecular complexity index is 754. The van der Waals surface area contributed by atoms with Crippen molar-refractivity contribution in [1.82, 2.24) is 4.90 Å². The van der Waals surface area contributed by atoms with Gasteiger partial charge in [0.2, 0.25) is 0 Å². The van der Waals surface area contributed by atoms with Gasteiger partial charge in [0.1, 0.15) is 0 Å². The second-order valence-electron chi connectivity index (χ2n) is 9.34. The monoisotopic (exact) mass is 383 g/mol. The van der Waals surface area contributed by atoms with Gasteiger partial charge in [0.25, 0.3) is 0 Å². The summed E-state index contributed by atoms with van der Waals surface area (Å²) in [5.41, 5.74) is 9.74. The molecule has 28 heavy (non-hydrogen) atoms. The predicted octanol–water partition coefficient (Wildman–Crippen LogP) is 4.14. The van der Waals surface area contributed by atoms with E-state index in [4.69, 9.17) is 15.5 Å². The fourth-order valence-corrected chi connectivity index (χ4v) is 3.62. The molecule has 1 fully saturated rings. The van der Waals surface area contributed by atoms with Gasteiger partial charge in [0.15, 0.2) is 5.96 Å². The summed E-state index contributed by atoms with van der Waals surface area (Å²) < 4.78 is 5.58. The standard InChI is InChI=1S/C24H37N3O/c1-18-16-19(10-13-23(2,3)4)8-9-20(18)17-24(26-22(25)27(5)6)14-11-21(28-7)12-15-24/h8-9,16,21H,11-12,14-15,17H2,1-7H3,(H2,25,26). The lowest BCUT2D eigenvalue weighted by Crippen LogP contribution is -2.41. The first-order valence-corrected chi connectivity index (χ1v) is 10.2. The first kappa shape index (κ1) is 22.3. The van der Waals surface area contributed by atoms with Crippen LogP contribution in [0.1, 0.15) is 63.1 Å². The summed E-state index contributed by atoms with van der Waals surface area (Å²) in [6, 6.07) is 6.55. The molecule has 154 valence electrons. The van der Waals surface area contributed by atoms with Crippen LogP contribution < -0.4 is 5.73 Å². The van der Waals surface area contributed by atoms with Crippen molar-refractivity contribution in [3.8, 4) is 11.8 Å². The minimum atomic E-state index is -0.160. The molecule has 1 saturated carbocycles. The Morgan fingerprint density at radius 1 is 1.29 bits per heavy atom. The molecule has 1 aliphatic rings. The fraction of sp³-hybridized carbons (Fsp3) is 0.625. The number of benzene rings is 1. The van der Waals surface area contributed by atoms with Gasteiger partial charge in [0, 0.05) is 32.2 Å². The van der Waals surface area contributed by atoms with Crippen molar-refractivity contribution < 1.29 is 4.74 Å². The molecule has 0 saturated heterocycles. The van der Waals surface area contributed by atoms with E-state index in [9.17, 15) is 0 Å². The summed E-state index contributed by atoms with van der Waals surface area (Å²) in [5.74, 6) is 7.22. The first-order chi connectivity index (χ1) is 13.0. The van der Waals surface area contributed by atoms with Crippen molar-refractivity contribution in [3.05, 3.63) is 34.9 Å². The maximum atomic E-state index is 6.22. The lowest BCUT2D eigenvalue weighted by molar-refractivity contribution is 0.0501. The van der Waals surface area contributed by atoms with Crippen LogP contribution in [-0.4, -0.2) is 43.7 Å². The smallest absolute Gasteiger partial charge is 0.191 e. The van der Waals surface area contributed by atoms with Gasteiger partial charge in [-0.15, -0.1) is 0 Å². The van der Waals surface area contributed by atoms with E-state index in [1.54, 1.807) is 7.11 Å². The quantitative estimate of drug-likeness (QED) is 0.483. The Labute approximate surface area is 171 Å². The molecule has 2 rings (SSSR count). The van der Waals surface area contributed by atoms with Gasteiger partial charge in [-0.3, -0.25) is 0 Å². The van der Waals surface area contributed by atoms with E-state index in [1.807, 2.05) is 19.0 Å². The van der Waals surface area contributed by atoms with Crippen LogP contribution in [0.5, 0.6) is 0 Å². The highest BCUT2D eigenvalue weighted by Gasteiger charge is 2.36. The number of guanidine groups is 1. The predicted molar refractivity (Wildman–Crippen MR) is 119 cm³/mol. The van der Waals surface area contributed by atoms with Crippen molar-refractivity contribution in [2.24, 2.45) is 16.1 Å². The Morgan fingerprint density at radius 2 is 1.93 bits per heavy atom. The maximum absolute atomic E-state index is 6.22. The van der Waals surface area contributed by atoms with Crippen LogP contribution in [0.3, 0.4) is 0 Å². The lowest BCUT2D eigenvalue weighted by atomic mass is 9.76. The fourth-order valence-electron chi connectivity index (χ4n) is 3.62. The van der Waals surface area contributed by atoms with Gasteiger partial charge in [0.05, 0.1) is 11.6 Å². The third-order valence-electron chi connectivity index (χ3n) is 5.45. The molecule has 0 atom stereocenters. The van der Waals surface area contributed by atoms with Gasteiger partial charge < -0.3 is 15.4 Å². The van der Waals surface area contributed by atoms with E-state index >= 15 is 0 Å². The summed E-state index contributed by atoms with van der Waals surface area (Å²) in [6.45, 7) is 8.57.